The molecule has 2 aromatic heterocycles. The molecule has 1 N–H and O–H groups in total. The molecule has 2 heterocycles. The fourth-order valence-corrected chi connectivity index (χ4v) is 4.48. The summed E-state index contributed by atoms with van der Waals surface area (Å²) in [6.07, 6.45) is 4.34. The highest BCUT2D eigenvalue weighted by atomic mass is 15.2. The summed E-state index contributed by atoms with van der Waals surface area (Å²) >= 11 is 0. The van der Waals surface area contributed by atoms with E-state index in [9.17, 15) is 0 Å². The number of aryl methyl sites for hydroxylation is 4. The third-order valence-electron chi connectivity index (χ3n) is 6.00. The number of imidazole rings is 1. The second kappa shape index (κ2) is 7.03. The van der Waals surface area contributed by atoms with Crippen LogP contribution >= 0.6 is 0 Å². The highest BCUT2D eigenvalue weighted by Gasteiger charge is 2.25. The molecule has 0 aliphatic rings. The quantitative estimate of drug-likeness (QED) is 0.355. The standard InChI is InChI=1S/C27H26N3/c1-18-9-7-10-19(2)24(18)28-27-26-23-14-6-5-13-22(23)15-16-29(26)17-30(27)25-20(3)11-8-12-21(25)4/h5-17,28H,1-4H3/q+1. The molecule has 0 unspecified atom stereocenters. The Balaban J connectivity index is 1.89. The van der Waals surface area contributed by atoms with E-state index in [1.165, 1.54) is 49.9 Å². The minimum absolute atomic E-state index is 1.08. The lowest BCUT2D eigenvalue weighted by Gasteiger charge is -2.13. The Morgan fingerprint density at radius 1 is 0.700 bits per heavy atom. The van der Waals surface area contributed by atoms with Gasteiger partial charge in [0.1, 0.15) is 5.69 Å². The molecule has 0 spiro atoms. The van der Waals surface area contributed by atoms with Gasteiger partial charge in [-0.25, -0.2) is 0 Å². The number of para-hydroxylation sites is 2. The first-order valence-corrected chi connectivity index (χ1v) is 10.4. The van der Waals surface area contributed by atoms with Crippen LogP contribution in [0.4, 0.5) is 11.5 Å². The molecule has 0 fully saturated rings. The molecule has 0 aliphatic carbocycles. The van der Waals surface area contributed by atoms with Gasteiger partial charge in [0.2, 0.25) is 5.52 Å². The fourth-order valence-electron chi connectivity index (χ4n) is 4.48. The van der Waals surface area contributed by atoms with Gasteiger partial charge in [-0.3, -0.25) is 0 Å². The molecular formula is C27H26N3+. The van der Waals surface area contributed by atoms with Crippen LogP contribution in [-0.4, -0.2) is 4.57 Å². The van der Waals surface area contributed by atoms with Crippen LogP contribution in [-0.2, 0) is 0 Å². The number of aromatic nitrogens is 2. The summed E-state index contributed by atoms with van der Waals surface area (Å²) < 4.78 is 4.53. The SMILES string of the molecule is Cc1cccc(C)c1Nc1c2c3ccccc3cc[n+]2cn1-c1c(C)cccc1C. The Morgan fingerprint density at radius 3 is 2.03 bits per heavy atom. The van der Waals surface area contributed by atoms with Gasteiger partial charge < -0.3 is 5.32 Å². The molecule has 5 aromatic rings. The van der Waals surface area contributed by atoms with E-state index < -0.39 is 0 Å². The minimum atomic E-state index is 1.08. The Kier molecular flexibility index (Phi) is 4.32. The summed E-state index contributed by atoms with van der Waals surface area (Å²) in [5, 5.41) is 6.29. The van der Waals surface area contributed by atoms with E-state index in [0.29, 0.717) is 0 Å². The lowest BCUT2D eigenvalue weighted by molar-refractivity contribution is -0.510. The first-order valence-electron chi connectivity index (χ1n) is 10.4. The topological polar surface area (TPSA) is 21.1 Å². The van der Waals surface area contributed by atoms with Gasteiger partial charge in [0, 0.05) is 11.1 Å². The van der Waals surface area contributed by atoms with Gasteiger partial charge in [-0.2, -0.15) is 8.97 Å². The van der Waals surface area contributed by atoms with Gasteiger partial charge >= 0.3 is 0 Å². The van der Waals surface area contributed by atoms with Crippen LogP contribution in [0, 0.1) is 27.7 Å². The Hall–Kier alpha value is -3.59. The maximum absolute atomic E-state index is 3.82. The smallest absolute Gasteiger partial charge is 0.256 e. The maximum atomic E-state index is 3.82. The monoisotopic (exact) mass is 392 g/mol. The van der Waals surface area contributed by atoms with Crippen molar-refractivity contribution < 1.29 is 4.40 Å². The molecule has 0 bridgehead atoms. The molecule has 3 nitrogen and oxygen atoms in total. The van der Waals surface area contributed by atoms with Crippen LogP contribution in [0.2, 0.25) is 0 Å². The van der Waals surface area contributed by atoms with Gasteiger partial charge in [-0.1, -0.05) is 54.6 Å². The molecule has 0 saturated heterocycles. The molecule has 3 aromatic carbocycles. The number of nitrogens with one attached hydrogen (secondary N) is 1. The maximum Gasteiger partial charge on any atom is 0.256 e. The molecule has 0 atom stereocenters. The van der Waals surface area contributed by atoms with Gasteiger partial charge in [-0.05, 0) is 67.5 Å². The van der Waals surface area contributed by atoms with Gasteiger partial charge in [0.15, 0.2) is 0 Å². The summed E-state index contributed by atoms with van der Waals surface area (Å²) in [5.74, 6) is 1.08. The molecule has 0 saturated carbocycles. The third-order valence-corrected chi connectivity index (χ3v) is 6.00. The van der Waals surface area contributed by atoms with E-state index in [2.05, 4.69) is 121 Å². The van der Waals surface area contributed by atoms with Crippen LogP contribution in [0.25, 0.3) is 22.0 Å². The normalized spacial score (nSPS) is 11.3. The van der Waals surface area contributed by atoms with Crippen LogP contribution in [0.3, 0.4) is 0 Å². The lowest BCUT2D eigenvalue weighted by Crippen LogP contribution is -2.17. The Labute approximate surface area is 177 Å². The van der Waals surface area contributed by atoms with Crippen molar-refractivity contribution >= 4 is 27.8 Å². The van der Waals surface area contributed by atoms with Crippen LogP contribution < -0.4 is 9.72 Å². The summed E-state index contributed by atoms with van der Waals surface area (Å²) in [4.78, 5) is 0. The van der Waals surface area contributed by atoms with Crippen molar-refractivity contribution in [1.82, 2.24) is 4.57 Å². The molecule has 0 amide bonds. The zero-order valence-electron chi connectivity index (χ0n) is 17.9. The zero-order chi connectivity index (χ0) is 20.8. The van der Waals surface area contributed by atoms with Gasteiger partial charge in [0.05, 0.1) is 6.20 Å². The van der Waals surface area contributed by atoms with Gasteiger partial charge in [0.25, 0.3) is 12.1 Å². The second-order valence-corrected chi connectivity index (χ2v) is 8.13. The summed E-state index contributed by atoms with van der Waals surface area (Å²) in [6, 6.07) is 23.7. The largest absolute Gasteiger partial charge is 0.318 e. The van der Waals surface area contributed by atoms with E-state index in [-0.39, 0.29) is 0 Å². The molecule has 30 heavy (non-hydrogen) atoms. The predicted molar refractivity (Wildman–Crippen MR) is 125 cm³/mol. The summed E-state index contributed by atoms with van der Waals surface area (Å²) in [6.45, 7) is 8.68. The van der Waals surface area contributed by atoms with E-state index >= 15 is 0 Å². The second-order valence-electron chi connectivity index (χ2n) is 8.13. The van der Waals surface area contributed by atoms with Gasteiger partial charge in [-0.15, -0.1) is 0 Å². The molecule has 148 valence electrons. The van der Waals surface area contributed by atoms with E-state index in [1.807, 2.05) is 0 Å². The number of hydrogen-bond acceptors (Lipinski definition) is 1. The van der Waals surface area contributed by atoms with Crippen molar-refractivity contribution in [3.63, 3.8) is 0 Å². The number of pyridine rings is 1. The summed E-state index contributed by atoms with van der Waals surface area (Å²) in [7, 11) is 0. The number of hydrogen-bond donors (Lipinski definition) is 1. The number of anilines is 2. The van der Waals surface area contributed by atoms with Crippen LogP contribution in [0.15, 0.2) is 79.3 Å². The first kappa shape index (κ1) is 18.4. The molecule has 0 aliphatic heterocycles. The van der Waals surface area contributed by atoms with E-state index in [4.69, 9.17) is 0 Å². The number of nitrogens with zero attached hydrogens (tertiary/aromatic N) is 2. The molecule has 5 rings (SSSR count). The Bertz CT molecular complexity index is 1370. The molecule has 3 heteroatoms. The fraction of sp³-hybridized carbons (Fsp3) is 0.148. The van der Waals surface area contributed by atoms with Crippen molar-refractivity contribution in [3.05, 3.63) is 102 Å². The highest BCUT2D eigenvalue weighted by molar-refractivity contribution is 5.99. The summed E-state index contributed by atoms with van der Waals surface area (Å²) in [5.41, 5.74) is 8.55. The molecular weight excluding hydrogens is 366 g/mol. The van der Waals surface area contributed by atoms with E-state index in [0.717, 1.165) is 5.82 Å². The van der Waals surface area contributed by atoms with Crippen molar-refractivity contribution in [1.29, 1.82) is 0 Å². The minimum Gasteiger partial charge on any atom is -0.318 e. The zero-order valence-corrected chi connectivity index (χ0v) is 17.9. The van der Waals surface area contributed by atoms with E-state index in [1.54, 1.807) is 0 Å². The third kappa shape index (κ3) is 2.86. The average molecular weight is 393 g/mol. The van der Waals surface area contributed by atoms with Crippen molar-refractivity contribution in [2.75, 3.05) is 5.32 Å². The average Bonchev–Trinajstić information content (AvgIpc) is 3.09. The lowest BCUT2D eigenvalue weighted by atomic mass is 10.1. The first-order chi connectivity index (χ1) is 14.5. The van der Waals surface area contributed by atoms with Crippen LogP contribution in [0.5, 0.6) is 0 Å². The van der Waals surface area contributed by atoms with Crippen molar-refractivity contribution in [2.24, 2.45) is 0 Å². The predicted octanol–water partition coefficient (Wildman–Crippen LogP) is 6.35. The van der Waals surface area contributed by atoms with Crippen LogP contribution in [0.1, 0.15) is 22.3 Å². The molecule has 0 radical (unpaired) electrons. The van der Waals surface area contributed by atoms with Crippen molar-refractivity contribution in [2.45, 2.75) is 27.7 Å². The number of rotatable bonds is 3. The number of fused-ring (bicyclic) bond motifs is 3. The highest BCUT2D eigenvalue weighted by Crippen LogP contribution is 2.33. The Morgan fingerprint density at radius 2 is 1.33 bits per heavy atom. The number of benzene rings is 3. The van der Waals surface area contributed by atoms with Crippen molar-refractivity contribution in [3.8, 4) is 5.69 Å².